The number of nitrogens with two attached hydrogens (primary N) is 1. The maximum Gasteiger partial charge on any atom is 0.324 e. The SMILES string of the molecule is CC(C)(C)Cc1cc(NC(=O)Nc2cccc(C#Cc3cnc(N)nc3)c2)n[nH]1. The Morgan fingerprint density at radius 2 is 1.83 bits per heavy atom. The molecule has 0 fully saturated rings. The fourth-order valence-corrected chi connectivity index (χ4v) is 2.59. The fraction of sp³-hybridized carbons (Fsp3) is 0.238. The molecule has 148 valence electrons. The van der Waals surface area contributed by atoms with E-state index in [4.69, 9.17) is 5.73 Å². The maximum absolute atomic E-state index is 12.3. The standard InChI is InChI=1S/C21H23N7O/c1-21(2,3)11-17-10-18(28-27-17)26-20(29)25-16-6-4-5-14(9-16)7-8-15-12-23-19(22)24-13-15/h4-6,9-10,12-13H,11H2,1-3H3,(H2,22,23,24)(H3,25,26,27,28,29). The first kappa shape index (κ1) is 19.9. The summed E-state index contributed by atoms with van der Waals surface area (Å²) in [6.45, 7) is 6.43. The summed E-state index contributed by atoms with van der Waals surface area (Å²) in [5.41, 5.74) is 8.57. The number of amides is 2. The first-order valence-corrected chi connectivity index (χ1v) is 9.09. The van der Waals surface area contributed by atoms with Gasteiger partial charge in [-0.15, -0.1) is 0 Å². The van der Waals surface area contributed by atoms with E-state index in [1.165, 1.54) is 0 Å². The highest BCUT2D eigenvalue weighted by atomic mass is 16.2. The van der Waals surface area contributed by atoms with E-state index < -0.39 is 0 Å². The predicted octanol–water partition coefficient (Wildman–Crippen LogP) is 3.41. The van der Waals surface area contributed by atoms with Gasteiger partial charge in [0.15, 0.2) is 5.82 Å². The Bertz CT molecular complexity index is 1050. The van der Waals surface area contributed by atoms with Crippen LogP contribution in [0.1, 0.15) is 37.6 Å². The molecule has 3 rings (SSSR count). The number of hydrogen-bond donors (Lipinski definition) is 4. The second-order valence-electron chi connectivity index (χ2n) is 7.76. The number of rotatable bonds is 3. The molecule has 8 heteroatoms. The van der Waals surface area contributed by atoms with Crippen molar-refractivity contribution in [2.45, 2.75) is 27.2 Å². The van der Waals surface area contributed by atoms with Crippen molar-refractivity contribution in [2.24, 2.45) is 5.41 Å². The van der Waals surface area contributed by atoms with Crippen molar-refractivity contribution in [2.75, 3.05) is 16.4 Å². The summed E-state index contributed by atoms with van der Waals surface area (Å²) in [4.78, 5) is 20.1. The van der Waals surface area contributed by atoms with E-state index in [1.54, 1.807) is 24.5 Å². The van der Waals surface area contributed by atoms with Crippen molar-refractivity contribution >= 4 is 23.5 Å². The van der Waals surface area contributed by atoms with Crippen LogP contribution < -0.4 is 16.4 Å². The molecule has 1 aromatic carbocycles. The molecule has 0 aliphatic rings. The minimum atomic E-state index is -0.379. The van der Waals surface area contributed by atoms with Crippen molar-refractivity contribution in [3.63, 3.8) is 0 Å². The third-order valence-corrected chi connectivity index (χ3v) is 3.74. The maximum atomic E-state index is 12.3. The van der Waals surface area contributed by atoms with Gasteiger partial charge < -0.3 is 11.1 Å². The molecular weight excluding hydrogens is 366 g/mol. The van der Waals surface area contributed by atoms with E-state index in [0.29, 0.717) is 17.1 Å². The summed E-state index contributed by atoms with van der Waals surface area (Å²) in [5.74, 6) is 6.64. The van der Waals surface area contributed by atoms with Crippen molar-refractivity contribution in [1.29, 1.82) is 0 Å². The summed E-state index contributed by atoms with van der Waals surface area (Å²) in [5, 5.41) is 12.6. The lowest BCUT2D eigenvalue weighted by molar-refractivity contribution is 0.262. The van der Waals surface area contributed by atoms with E-state index in [1.807, 2.05) is 18.2 Å². The number of urea groups is 1. The number of nitrogens with one attached hydrogen (secondary N) is 3. The van der Waals surface area contributed by atoms with Crippen LogP contribution in [0, 0.1) is 17.3 Å². The van der Waals surface area contributed by atoms with E-state index in [0.717, 1.165) is 17.7 Å². The van der Waals surface area contributed by atoms with Crippen LogP contribution in [0.25, 0.3) is 0 Å². The highest BCUT2D eigenvalue weighted by Gasteiger charge is 2.14. The molecule has 0 aliphatic heterocycles. The molecular formula is C21H23N7O. The van der Waals surface area contributed by atoms with Gasteiger partial charge in [0.1, 0.15) is 0 Å². The minimum Gasteiger partial charge on any atom is -0.368 e. The van der Waals surface area contributed by atoms with Crippen molar-refractivity contribution in [1.82, 2.24) is 20.2 Å². The summed E-state index contributed by atoms with van der Waals surface area (Å²) >= 11 is 0. The number of aromatic nitrogens is 4. The molecule has 0 atom stereocenters. The lowest BCUT2D eigenvalue weighted by Crippen LogP contribution is -2.19. The average Bonchev–Trinajstić information content (AvgIpc) is 3.06. The number of aromatic amines is 1. The quantitative estimate of drug-likeness (QED) is 0.511. The van der Waals surface area contributed by atoms with Gasteiger partial charge >= 0.3 is 6.03 Å². The third kappa shape index (κ3) is 6.36. The summed E-state index contributed by atoms with van der Waals surface area (Å²) in [7, 11) is 0. The molecule has 5 N–H and O–H groups in total. The molecule has 0 unspecified atom stereocenters. The van der Waals surface area contributed by atoms with Crippen LogP contribution >= 0.6 is 0 Å². The molecule has 2 heterocycles. The lowest BCUT2D eigenvalue weighted by atomic mass is 9.91. The molecule has 0 radical (unpaired) electrons. The van der Waals surface area contributed by atoms with Crippen molar-refractivity contribution in [3.8, 4) is 11.8 Å². The second-order valence-corrected chi connectivity index (χ2v) is 7.76. The Morgan fingerprint density at radius 3 is 2.55 bits per heavy atom. The van der Waals surface area contributed by atoms with Crippen molar-refractivity contribution in [3.05, 3.63) is 59.5 Å². The second kappa shape index (κ2) is 8.44. The zero-order chi connectivity index (χ0) is 20.9. The first-order valence-electron chi connectivity index (χ1n) is 9.09. The Morgan fingerprint density at radius 1 is 1.10 bits per heavy atom. The van der Waals surface area contributed by atoms with Gasteiger partial charge in [0.2, 0.25) is 5.95 Å². The number of nitrogen functional groups attached to an aromatic ring is 1. The van der Waals surface area contributed by atoms with Crippen LogP contribution in [0.2, 0.25) is 0 Å². The predicted molar refractivity (Wildman–Crippen MR) is 113 cm³/mol. The number of carbonyl (C=O) groups is 1. The van der Waals surface area contributed by atoms with Crippen LogP contribution in [0.15, 0.2) is 42.7 Å². The van der Waals surface area contributed by atoms with Gasteiger partial charge in [-0.25, -0.2) is 14.8 Å². The van der Waals surface area contributed by atoms with Gasteiger partial charge in [0.25, 0.3) is 0 Å². The molecule has 0 bridgehead atoms. The Balaban J connectivity index is 1.61. The van der Waals surface area contributed by atoms with Crippen LogP contribution in [0.3, 0.4) is 0 Å². The number of H-pyrrole nitrogens is 1. The van der Waals surface area contributed by atoms with Crippen molar-refractivity contribution < 1.29 is 4.79 Å². The van der Waals surface area contributed by atoms with Gasteiger partial charge in [-0.05, 0) is 30.0 Å². The third-order valence-electron chi connectivity index (χ3n) is 3.74. The lowest BCUT2D eigenvalue weighted by Gasteiger charge is -2.15. The number of anilines is 3. The molecule has 2 amide bonds. The Kier molecular flexibility index (Phi) is 5.79. The minimum absolute atomic E-state index is 0.131. The largest absolute Gasteiger partial charge is 0.368 e. The van der Waals surface area contributed by atoms with Gasteiger partial charge in [-0.1, -0.05) is 38.7 Å². The van der Waals surface area contributed by atoms with Crippen LogP contribution in [-0.2, 0) is 6.42 Å². The molecule has 0 saturated carbocycles. The van der Waals surface area contributed by atoms with Gasteiger partial charge in [0.05, 0.1) is 5.56 Å². The zero-order valence-corrected chi connectivity index (χ0v) is 16.6. The number of hydrogen-bond acceptors (Lipinski definition) is 5. The summed E-state index contributed by atoms with van der Waals surface area (Å²) < 4.78 is 0. The van der Waals surface area contributed by atoms with Crippen LogP contribution in [0.5, 0.6) is 0 Å². The van der Waals surface area contributed by atoms with Crippen LogP contribution in [0.4, 0.5) is 22.2 Å². The van der Waals surface area contributed by atoms with E-state index in [9.17, 15) is 4.79 Å². The Labute approximate surface area is 169 Å². The van der Waals surface area contributed by atoms with Gasteiger partial charge in [-0.2, -0.15) is 5.10 Å². The number of carbonyl (C=O) groups excluding carboxylic acids is 1. The zero-order valence-electron chi connectivity index (χ0n) is 16.6. The van der Waals surface area contributed by atoms with Crippen LogP contribution in [-0.4, -0.2) is 26.2 Å². The first-order chi connectivity index (χ1) is 13.8. The molecule has 0 spiro atoms. The molecule has 8 nitrogen and oxygen atoms in total. The topological polar surface area (TPSA) is 122 Å². The monoisotopic (exact) mass is 389 g/mol. The van der Waals surface area contributed by atoms with Gasteiger partial charge in [0, 0.05) is 35.4 Å². The highest BCUT2D eigenvalue weighted by Crippen LogP contribution is 2.20. The summed E-state index contributed by atoms with van der Waals surface area (Å²) in [6, 6.07) is 8.68. The van der Waals surface area contributed by atoms with E-state index >= 15 is 0 Å². The molecule has 3 aromatic rings. The molecule has 29 heavy (non-hydrogen) atoms. The number of nitrogens with zero attached hydrogens (tertiary/aromatic N) is 3. The summed E-state index contributed by atoms with van der Waals surface area (Å²) in [6.07, 6.45) is 3.95. The fourth-order valence-electron chi connectivity index (χ4n) is 2.59. The Hall–Kier alpha value is -3.86. The highest BCUT2D eigenvalue weighted by molar-refractivity contribution is 5.99. The normalized spacial score (nSPS) is 10.7. The molecule has 0 aliphatic carbocycles. The van der Waals surface area contributed by atoms with Gasteiger partial charge in [-0.3, -0.25) is 10.4 Å². The van der Waals surface area contributed by atoms with E-state index in [-0.39, 0.29) is 17.4 Å². The molecule has 2 aromatic heterocycles. The van der Waals surface area contributed by atoms with E-state index in [2.05, 4.69) is 63.4 Å². The number of benzene rings is 1. The molecule has 0 saturated heterocycles. The smallest absolute Gasteiger partial charge is 0.324 e. The average molecular weight is 389 g/mol.